The number of rotatable bonds is 18. The monoisotopic (exact) mass is 442 g/mol. The zero-order valence-corrected chi connectivity index (χ0v) is 20.4. The third-order valence-electron chi connectivity index (χ3n) is 5.75. The van der Waals surface area contributed by atoms with Crippen LogP contribution in [-0.2, 0) is 4.74 Å². The Bertz CT molecular complexity index is 704. The van der Waals surface area contributed by atoms with E-state index in [4.69, 9.17) is 14.2 Å². The lowest BCUT2D eigenvalue weighted by molar-refractivity contribution is 0.0131. The van der Waals surface area contributed by atoms with Gasteiger partial charge in [0.1, 0.15) is 5.75 Å². The van der Waals surface area contributed by atoms with Crippen molar-refractivity contribution in [3.8, 4) is 22.9 Å². The molecule has 1 heterocycles. The quantitative estimate of drug-likeness (QED) is 0.177. The molecule has 1 aromatic heterocycles. The summed E-state index contributed by atoms with van der Waals surface area (Å²) >= 11 is 0. The van der Waals surface area contributed by atoms with Crippen molar-refractivity contribution in [2.24, 2.45) is 5.92 Å². The number of hydrogen-bond donors (Lipinski definition) is 0. The smallest absolute Gasteiger partial charge is 0.189 e. The van der Waals surface area contributed by atoms with E-state index in [1.54, 1.807) is 12.4 Å². The molecule has 0 aliphatic carbocycles. The maximum atomic E-state index is 5.87. The molecule has 5 nitrogen and oxygen atoms in total. The normalized spacial score (nSPS) is 12.0. The van der Waals surface area contributed by atoms with Crippen LogP contribution in [0.2, 0.25) is 0 Å². The van der Waals surface area contributed by atoms with E-state index >= 15 is 0 Å². The molecule has 1 aromatic carbocycles. The molecule has 32 heavy (non-hydrogen) atoms. The zero-order valence-electron chi connectivity index (χ0n) is 20.4. The summed E-state index contributed by atoms with van der Waals surface area (Å²) < 4.78 is 17.0. The molecular weight excluding hydrogens is 400 g/mol. The van der Waals surface area contributed by atoms with E-state index in [2.05, 4.69) is 30.7 Å². The molecule has 5 heteroatoms. The van der Waals surface area contributed by atoms with Gasteiger partial charge in [-0.3, -0.25) is 0 Å². The molecule has 178 valence electrons. The van der Waals surface area contributed by atoms with Crippen molar-refractivity contribution in [1.82, 2.24) is 9.97 Å². The molecule has 2 rings (SSSR count). The topological polar surface area (TPSA) is 53.5 Å². The van der Waals surface area contributed by atoms with Gasteiger partial charge in [0.15, 0.2) is 18.4 Å². The molecule has 0 saturated heterocycles. The first kappa shape index (κ1) is 26.1. The molecule has 0 aliphatic heterocycles. The number of hydrogen-bond acceptors (Lipinski definition) is 5. The van der Waals surface area contributed by atoms with Crippen molar-refractivity contribution in [1.29, 1.82) is 0 Å². The van der Waals surface area contributed by atoms with E-state index in [1.807, 2.05) is 24.3 Å². The van der Waals surface area contributed by atoms with Crippen molar-refractivity contribution in [3.05, 3.63) is 36.7 Å². The third kappa shape index (κ3) is 10.9. The summed E-state index contributed by atoms with van der Waals surface area (Å²) in [5, 5.41) is 0. The Morgan fingerprint density at radius 2 is 1.44 bits per heavy atom. The van der Waals surface area contributed by atoms with Crippen molar-refractivity contribution in [2.45, 2.75) is 85.0 Å². The van der Waals surface area contributed by atoms with Gasteiger partial charge in [-0.05, 0) is 43.0 Å². The molecule has 0 spiro atoms. The Labute approximate surface area is 194 Å². The summed E-state index contributed by atoms with van der Waals surface area (Å²) in [7, 11) is 0. The lowest BCUT2D eigenvalue weighted by Gasteiger charge is -2.09. The van der Waals surface area contributed by atoms with Gasteiger partial charge in [-0.15, -0.1) is 0 Å². The standard InChI is InChI=1S/C27H42N2O3/c1-4-6-7-8-11-18-30-22-32-26-20-28-27(29-21-26)24-14-16-25(17-15-24)31-19-12-9-10-13-23(3)5-2/h14-17,20-21,23H,4-13,18-19,22H2,1-3H3. The highest BCUT2D eigenvalue weighted by atomic mass is 16.7. The SMILES string of the molecule is CCCCCCCOCOc1cnc(-c2ccc(OCCCCCC(C)CC)cc2)nc1. The Hall–Kier alpha value is -2.14. The van der Waals surface area contributed by atoms with Crippen LogP contribution in [0.25, 0.3) is 11.4 Å². The Morgan fingerprint density at radius 3 is 2.16 bits per heavy atom. The maximum absolute atomic E-state index is 5.87. The van der Waals surface area contributed by atoms with Crippen LogP contribution in [0.5, 0.6) is 11.5 Å². The first-order chi connectivity index (χ1) is 15.7. The van der Waals surface area contributed by atoms with E-state index in [0.29, 0.717) is 11.6 Å². The highest BCUT2D eigenvalue weighted by Crippen LogP contribution is 2.21. The molecule has 0 saturated carbocycles. The largest absolute Gasteiger partial charge is 0.494 e. The molecule has 0 N–H and O–H groups in total. The first-order valence-electron chi connectivity index (χ1n) is 12.5. The number of unbranched alkanes of at least 4 members (excludes halogenated alkanes) is 6. The van der Waals surface area contributed by atoms with Crippen LogP contribution in [0.3, 0.4) is 0 Å². The zero-order chi connectivity index (χ0) is 22.9. The molecule has 0 amide bonds. The molecular formula is C27H42N2O3. The minimum atomic E-state index is 0.236. The summed E-state index contributed by atoms with van der Waals surface area (Å²) in [6.07, 6.45) is 15.7. The summed E-state index contributed by atoms with van der Waals surface area (Å²) in [4.78, 5) is 8.82. The van der Waals surface area contributed by atoms with Crippen LogP contribution in [0.1, 0.15) is 85.0 Å². The van der Waals surface area contributed by atoms with Crippen LogP contribution in [-0.4, -0.2) is 30.0 Å². The fourth-order valence-corrected chi connectivity index (χ4v) is 3.38. The molecule has 0 aliphatic rings. The lowest BCUT2D eigenvalue weighted by Crippen LogP contribution is -2.05. The lowest BCUT2D eigenvalue weighted by atomic mass is 10.0. The Kier molecular flexibility index (Phi) is 13.5. The molecule has 0 bridgehead atoms. The van der Waals surface area contributed by atoms with E-state index < -0.39 is 0 Å². The third-order valence-corrected chi connectivity index (χ3v) is 5.75. The van der Waals surface area contributed by atoms with Gasteiger partial charge in [0.2, 0.25) is 0 Å². The average molecular weight is 443 g/mol. The molecule has 0 radical (unpaired) electrons. The predicted octanol–water partition coefficient (Wildman–Crippen LogP) is 7.45. The van der Waals surface area contributed by atoms with E-state index in [9.17, 15) is 0 Å². The second-order valence-corrected chi connectivity index (χ2v) is 8.56. The average Bonchev–Trinajstić information content (AvgIpc) is 2.83. The minimum Gasteiger partial charge on any atom is -0.494 e. The van der Waals surface area contributed by atoms with Gasteiger partial charge >= 0.3 is 0 Å². The maximum Gasteiger partial charge on any atom is 0.189 e. The Balaban J connectivity index is 1.63. The second-order valence-electron chi connectivity index (χ2n) is 8.56. The summed E-state index contributed by atoms with van der Waals surface area (Å²) in [5.74, 6) is 3.02. The van der Waals surface area contributed by atoms with Gasteiger partial charge in [0, 0.05) is 5.56 Å². The van der Waals surface area contributed by atoms with Crippen LogP contribution in [0.15, 0.2) is 36.7 Å². The highest BCUT2D eigenvalue weighted by molar-refractivity contribution is 5.56. The summed E-state index contributed by atoms with van der Waals surface area (Å²) in [6.45, 7) is 8.55. The van der Waals surface area contributed by atoms with E-state index in [1.165, 1.54) is 51.4 Å². The second kappa shape index (κ2) is 16.5. The van der Waals surface area contributed by atoms with Gasteiger partial charge in [-0.2, -0.15) is 0 Å². The fourth-order valence-electron chi connectivity index (χ4n) is 3.38. The molecule has 0 fully saturated rings. The van der Waals surface area contributed by atoms with E-state index in [0.717, 1.165) is 43.3 Å². The van der Waals surface area contributed by atoms with Gasteiger partial charge in [-0.25, -0.2) is 9.97 Å². The molecule has 1 atom stereocenters. The van der Waals surface area contributed by atoms with Crippen molar-refractivity contribution < 1.29 is 14.2 Å². The fraction of sp³-hybridized carbons (Fsp3) is 0.630. The molecule has 1 unspecified atom stereocenters. The van der Waals surface area contributed by atoms with Crippen LogP contribution in [0.4, 0.5) is 0 Å². The van der Waals surface area contributed by atoms with Crippen molar-refractivity contribution in [2.75, 3.05) is 20.0 Å². The highest BCUT2D eigenvalue weighted by Gasteiger charge is 2.04. The number of benzene rings is 1. The first-order valence-corrected chi connectivity index (χ1v) is 12.5. The number of aromatic nitrogens is 2. The van der Waals surface area contributed by atoms with Gasteiger partial charge in [0.05, 0.1) is 25.6 Å². The Morgan fingerprint density at radius 1 is 0.750 bits per heavy atom. The van der Waals surface area contributed by atoms with E-state index in [-0.39, 0.29) is 6.79 Å². The summed E-state index contributed by atoms with van der Waals surface area (Å²) in [5.41, 5.74) is 0.959. The van der Waals surface area contributed by atoms with Crippen molar-refractivity contribution in [3.63, 3.8) is 0 Å². The van der Waals surface area contributed by atoms with Crippen molar-refractivity contribution >= 4 is 0 Å². The number of nitrogens with zero attached hydrogens (tertiary/aromatic N) is 2. The summed E-state index contributed by atoms with van der Waals surface area (Å²) in [6, 6.07) is 7.96. The number of ether oxygens (including phenoxy) is 3. The predicted molar refractivity (Wildman–Crippen MR) is 131 cm³/mol. The van der Waals surface area contributed by atoms with Crippen LogP contribution < -0.4 is 9.47 Å². The van der Waals surface area contributed by atoms with Gasteiger partial charge in [0.25, 0.3) is 0 Å². The van der Waals surface area contributed by atoms with Crippen LogP contribution >= 0.6 is 0 Å². The van der Waals surface area contributed by atoms with Crippen LogP contribution in [0, 0.1) is 5.92 Å². The minimum absolute atomic E-state index is 0.236. The van der Waals surface area contributed by atoms with Gasteiger partial charge < -0.3 is 14.2 Å². The van der Waals surface area contributed by atoms with Gasteiger partial charge in [-0.1, -0.05) is 72.1 Å². The molecule has 2 aromatic rings.